The van der Waals surface area contributed by atoms with Crippen LogP contribution in [0.2, 0.25) is 0 Å². The molecule has 2 bridgehead atoms. The van der Waals surface area contributed by atoms with Crippen molar-refractivity contribution in [1.82, 2.24) is 9.80 Å². The maximum Gasteiger partial charge on any atom is 0.320 e. The van der Waals surface area contributed by atoms with E-state index in [0.29, 0.717) is 13.0 Å². The highest BCUT2D eigenvalue weighted by atomic mass is 16.4. The number of carbonyl (C=O) groups excluding carboxylic acids is 1. The van der Waals surface area contributed by atoms with Crippen LogP contribution in [0.4, 0.5) is 4.79 Å². The molecule has 2 amide bonds. The molecule has 1 saturated carbocycles. The van der Waals surface area contributed by atoms with Gasteiger partial charge in [-0.3, -0.25) is 4.79 Å². The molecule has 1 aliphatic carbocycles. The number of fused-ring (bicyclic) bond motifs is 2. The van der Waals surface area contributed by atoms with Gasteiger partial charge in [0.05, 0.1) is 12.5 Å². The van der Waals surface area contributed by atoms with E-state index in [0.717, 1.165) is 32.1 Å². The molecular formula is C14H22N2O4. The molecule has 0 aromatic carbocycles. The number of hydrogen-bond donors (Lipinski definition) is 2. The summed E-state index contributed by atoms with van der Waals surface area (Å²) in [5, 5.41) is 18.4. The molecule has 2 heterocycles. The predicted octanol–water partition coefficient (Wildman–Crippen LogP) is 0.891. The lowest BCUT2D eigenvalue weighted by Crippen LogP contribution is -2.53. The van der Waals surface area contributed by atoms with Crippen LogP contribution in [0.5, 0.6) is 0 Å². The summed E-state index contributed by atoms with van der Waals surface area (Å²) < 4.78 is 0. The number of aliphatic hydroxyl groups excluding tert-OH is 1. The van der Waals surface area contributed by atoms with Crippen LogP contribution in [0.1, 0.15) is 38.5 Å². The third kappa shape index (κ3) is 2.06. The highest BCUT2D eigenvalue weighted by Crippen LogP contribution is 2.43. The minimum absolute atomic E-state index is 0.0340. The second-order valence-corrected chi connectivity index (χ2v) is 6.17. The standard InChI is InChI=1S/C14H22N2O4/c17-7-6-15(9-2-1-3-9)14(20)16-10-4-5-12(16)11(8-10)13(18)19/h9-12,17H,1-8H2,(H,18,19). The predicted molar refractivity (Wildman–Crippen MR) is 71.2 cm³/mol. The quantitative estimate of drug-likeness (QED) is 0.802. The highest BCUT2D eigenvalue weighted by molar-refractivity contribution is 5.79. The van der Waals surface area contributed by atoms with Crippen molar-refractivity contribution in [2.24, 2.45) is 5.92 Å². The van der Waals surface area contributed by atoms with E-state index < -0.39 is 11.9 Å². The topological polar surface area (TPSA) is 81.1 Å². The van der Waals surface area contributed by atoms with Gasteiger partial charge in [-0.25, -0.2) is 4.79 Å². The smallest absolute Gasteiger partial charge is 0.320 e. The second kappa shape index (κ2) is 5.24. The normalized spacial score (nSPS) is 32.2. The summed E-state index contributed by atoms with van der Waals surface area (Å²) >= 11 is 0. The molecule has 3 fully saturated rings. The molecule has 112 valence electrons. The van der Waals surface area contributed by atoms with Crippen molar-refractivity contribution in [3.05, 3.63) is 0 Å². The van der Waals surface area contributed by atoms with Gasteiger partial charge in [-0.2, -0.15) is 0 Å². The monoisotopic (exact) mass is 282 g/mol. The van der Waals surface area contributed by atoms with Gasteiger partial charge in [0.2, 0.25) is 0 Å². The molecule has 6 heteroatoms. The Hall–Kier alpha value is -1.30. The fourth-order valence-corrected chi connectivity index (χ4v) is 3.94. The van der Waals surface area contributed by atoms with Crippen molar-refractivity contribution in [3.8, 4) is 0 Å². The molecule has 2 aliphatic heterocycles. The number of hydrogen-bond acceptors (Lipinski definition) is 3. The first-order valence-corrected chi connectivity index (χ1v) is 7.56. The van der Waals surface area contributed by atoms with E-state index in [1.165, 1.54) is 0 Å². The van der Waals surface area contributed by atoms with Crippen molar-refractivity contribution in [1.29, 1.82) is 0 Å². The van der Waals surface area contributed by atoms with Crippen molar-refractivity contribution in [2.75, 3.05) is 13.2 Å². The van der Waals surface area contributed by atoms with Crippen LogP contribution in [0.15, 0.2) is 0 Å². The summed E-state index contributed by atoms with van der Waals surface area (Å²) in [6.45, 7) is 0.324. The fraction of sp³-hybridized carbons (Fsp3) is 0.857. The van der Waals surface area contributed by atoms with Crippen molar-refractivity contribution in [2.45, 2.75) is 56.7 Å². The number of carbonyl (C=O) groups is 2. The molecule has 0 spiro atoms. The van der Waals surface area contributed by atoms with Gasteiger partial charge in [-0.1, -0.05) is 0 Å². The zero-order valence-electron chi connectivity index (χ0n) is 11.6. The lowest BCUT2D eigenvalue weighted by atomic mass is 9.89. The fourth-order valence-electron chi connectivity index (χ4n) is 3.94. The maximum atomic E-state index is 12.7. The number of urea groups is 1. The second-order valence-electron chi connectivity index (χ2n) is 6.17. The molecule has 0 aromatic heterocycles. The van der Waals surface area contributed by atoms with Gasteiger partial charge in [-0.15, -0.1) is 0 Å². The lowest BCUT2D eigenvalue weighted by Gasteiger charge is -2.40. The van der Waals surface area contributed by atoms with Gasteiger partial charge >= 0.3 is 12.0 Å². The van der Waals surface area contributed by atoms with Crippen LogP contribution in [0.25, 0.3) is 0 Å². The summed E-state index contributed by atoms with van der Waals surface area (Å²) in [4.78, 5) is 27.6. The molecule has 3 aliphatic rings. The first kappa shape index (κ1) is 13.7. The molecule has 3 rings (SSSR count). The first-order valence-electron chi connectivity index (χ1n) is 7.56. The van der Waals surface area contributed by atoms with Gasteiger partial charge in [0.15, 0.2) is 0 Å². The maximum absolute atomic E-state index is 12.7. The minimum Gasteiger partial charge on any atom is -0.481 e. The summed E-state index contributed by atoms with van der Waals surface area (Å²) in [6, 6.07) is 0.110. The Morgan fingerprint density at radius 2 is 1.95 bits per heavy atom. The van der Waals surface area contributed by atoms with Gasteiger partial charge in [0.25, 0.3) is 0 Å². The highest BCUT2D eigenvalue weighted by Gasteiger charge is 2.52. The van der Waals surface area contributed by atoms with Crippen LogP contribution in [-0.2, 0) is 4.79 Å². The van der Waals surface area contributed by atoms with Crippen LogP contribution >= 0.6 is 0 Å². The summed E-state index contributed by atoms with van der Waals surface area (Å²) in [7, 11) is 0. The minimum atomic E-state index is -0.785. The zero-order chi connectivity index (χ0) is 14.3. The molecule has 20 heavy (non-hydrogen) atoms. The Morgan fingerprint density at radius 3 is 2.45 bits per heavy atom. The number of nitrogens with zero attached hydrogens (tertiary/aromatic N) is 2. The lowest BCUT2D eigenvalue weighted by molar-refractivity contribution is -0.142. The molecule has 3 atom stereocenters. The van der Waals surface area contributed by atoms with E-state index in [1.54, 1.807) is 9.80 Å². The van der Waals surface area contributed by atoms with E-state index in [9.17, 15) is 19.8 Å². The number of rotatable bonds is 4. The molecule has 3 unspecified atom stereocenters. The van der Waals surface area contributed by atoms with Crippen molar-refractivity contribution >= 4 is 12.0 Å². The van der Waals surface area contributed by atoms with Gasteiger partial charge < -0.3 is 20.0 Å². The van der Waals surface area contributed by atoms with Crippen molar-refractivity contribution < 1.29 is 19.8 Å². The van der Waals surface area contributed by atoms with Gasteiger partial charge in [0, 0.05) is 24.7 Å². The number of carboxylic acid groups (broad SMARTS) is 1. The Labute approximate surface area is 118 Å². The van der Waals surface area contributed by atoms with E-state index in [1.807, 2.05) is 0 Å². The molecule has 0 aromatic rings. The first-order chi connectivity index (χ1) is 9.63. The summed E-state index contributed by atoms with van der Waals surface area (Å²) in [6.07, 6.45) is 5.42. The van der Waals surface area contributed by atoms with E-state index in [2.05, 4.69) is 0 Å². The van der Waals surface area contributed by atoms with Crippen molar-refractivity contribution in [3.63, 3.8) is 0 Å². The molecule has 2 saturated heterocycles. The Kier molecular flexibility index (Phi) is 3.58. The van der Waals surface area contributed by atoms with Crippen LogP contribution in [-0.4, -0.2) is 63.3 Å². The average molecular weight is 282 g/mol. The van der Waals surface area contributed by atoms with E-state index >= 15 is 0 Å². The molecule has 2 N–H and O–H groups in total. The molecule has 0 radical (unpaired) electrons. The van der Waals surface area contributed by atoms with Crippen LogP contribution in [0, 0.1) is 5.92 Å². The third-order valence-electron chi connectivity index (χ3n) is 5.18. The largest absolute Gasteiger partial charge is 0.481 e. The third-order valence-corrected chi connectivity index (χ3v) is 5.18. The molecule has 6 nitrogen and oxygen atoms in total. The summed E-state index contributed by atoms with van der Waals surface area (Å²) in [5.74, 6) is -1.19. The van der Waals surface area contributed by atoms with E-state index in [-0.39, 0.29) is 30.8 Å². The Bertz CT molecular complexity index is 410. The Balaban J connectivity index is 1.74. The SMILES string of the molecule is O=C(O)C1CC2CCC1N2C(=O)N(CCO)C1CCC1. The summed E-state index contributed by atoms with van der Waals surface area (Å²) in [5.41, 5.74) is 0. The number of aliphatic carboxylic acids is 1. The number of carboxylic acids is 1. The Morgan fingerprint density at radius 1 is 1.20 bits per heavy atom. The average Bonchev–Trinajstić information content (AvgIpc) is 2.92. The van der Waals surface area contributed by atoms with Gasteiger partial charge in [0.1, 0.15) is 0 Å². The zero-order valence-corrected chi connectivity index (χ0v) is 11.6. The van der Waals surface area contributed by atoms with Crippen LogP contribution < -0.4 is 0 Å². The van der Waals surface area contributed by atoms with Gasteiger partial charge in [-0.05, 0) is 38.5 Å². The van der Waals surface area contributed by atoms with Crippen LogP contribution in [0.3, 0.4) is 0 Å². The number of aliphatic hydroxyl groups is 1. The number of amides is 2. The van der Waals surface area contributed by atoms with E-state index in [4.69, 9.17) is 0 Å². The molecular weight excluding hydrogens is 260 g/mol.